The molecule has 0 aliphatic carbocycles. The summed E-state index contributed by atoms with van der Waals surface area (Å²) in [5.74, 6) is -8.60. The van der Waals surface area contributed by atoms with Crippen molar-refractivity contribution in [1.29, 1.82) is 0 Å². The third-order valence-corrected chi connectivity index (χ3v) is 5.17. The van der Waals surface area contributed by atoms with E-state index in [1.165, 1.54) is 24.3 Å². The Balaban J connectivity index is 1.65. The van der Waals surface area contributed by atoms with E-state index in [0.717, 1.165) is 23.8 Å². The Labute approximate surface area is 161 Å². The van der Waals surface area contributed by atoms with Crippen LogP contribution in [0.2, 0.25) is 0 Å². The molecule has 0 saturated heterocycles. The Kier molecular flexibility index (Phi) is 4.71. The maximum absolute atomic E-state index is 15.1. The van der Waals surface area contributed by atoms with Crippen molar-refractivity contribution < 1.29 is 17.6 Å². The first-order valence-corrected chi connectivity index (χ1v) is 9.08. The maximum Gasteiger partial charge on any atom is 0.340 e. The number of hydrogen-bond donors (Lipinski definition) is 0. The molecule has 0 amide bonds. The van der Waals surface area contributed by atoms with Crippen molar-refractivity contribution in [2.45, 2.75) is 31.5 Å². The molecule has 28 heavy (non-hydrogen) atoms. The molecule has 0 saturated carbocycles. The van der Waals surface area contributed by atoms with Gasteiger partial charge in [-0.25, -0.2) is 0 Å². The van der Waals surface area contributed by atoms with Gasteiger partial charge in [-0.15, -0.1) is 0 Å². The summed E-state index contributed by atoms with van der Waals surface area (Å²) < 4.78 is 59.7. The Bertz CT molecular complexity index is 955. The fourth-order valence-corrected chi connectivity index (χ4v) is 3.74. The number of rotatable bonds is 5. The van der Waals surface area contributed by atoms with Crippen LogP contribution in [0.5, 0.6) is 0 Å². The Morgan fingerprint density at radius 2 is 1.32 bits per heavy atom. The number of fused-ring (bicyclic) bond motifs is 1. The highest BCUT2D eigenvalue weighted by Gasteiger charge is 2.59. The van der Waals surface area contributed by atoms with Crippen molar-refractivity contribution in [3.8, 4) is 0 Å². The number of benzene rings is 3. The topological polar surface area (TPSA) is 3.24 Å². The van der Waals surface area contributed by atoms with E-state index in [4.69, 9.17) is 0 Å². The maximum atomic E-state index is 15.1. The van der Waals surface area contributed by atoms with Crippen molar-refractivity contribution in [3.63, 3.8) is 0 Å². The van der Waals surface area contributed by atoms with Crippen LogP contribution in [0.15, 0.2) is 78.9 Å². The van der Waals surface area contributed by atoms with Crippen LogP contribution < -0.4 is 0 Å². The van der Waals surface area contributed by atoms with Crippen LogP contribution in [-0.2, 0) is 31.5 Å². The molecule has 1 heterocycles. The molecule has 0 radical (unpaired) electrons. The average molecular weight is 385 g/mol. The zero-order chi connectivity index (χ0) is 19.8. The summed E-state index contributed by atoms with van der Waals surface area (Å²) >= 11 is 0. The first-order chi connectivity index (χ1) is 13.4. The summed E-state index contributed by atoms with van der Waals surface area (Å²) in [4.78, 5) is 1.99. The predicted molar refractivity (Wildman–Crippen MR) is 100 cm³/mol. The second-order valence-corrected chi connectivity index (χ2v) is 7.09. The van der Waals surface area contributed by atoms with Crippen LogP contribution in [0.3, 0.4) is 0 Å². The second-order valence-electron chi connectivity index (χ2n) is 7.09. The molecule has 0 spiro atoms. The number of nitrogens with zero attached hydrogens (tertiary/aromatic N) is 1. The molecule has 1 nitrogen and oxygen atoms in total. The summed E-state index contributed by atoms with van der Waals surface area (Å²) in [5, 5.41) is 0. The van der Waals surface area contributed by atoms with Gasteiger partial charge in [0.15, 0.2) is 0 Å². The highest BCUT2D eigenvalue weighted by molar-refractivity contribution is 5.43. The summed E-state index contributed by atoms with van der Waals surface area (Å²) in [6, 6.07) is 20.3. The van der Waals surface area contributed by atoms with Crippen molar-refractivity contribution in [1.82, 2.24) is 4.90 Å². The van der Waals surface area contributed by atoms with E-state index in [2.05, 4.69) is 0 Å². The molecule has 0 bridgehead atoms. The Morgan fingerprint density at radius 1 is 0.679 bits per heavy atom. The first kappa shape index (κ1) is 18.7. The van der Waals surface area contributed by atoms with Gasteiger partial charge in [0.2, 0.25) is 0 Å². The lowest BCUT2D eigenvalue weighted by Crippen LogP contribution is -2.36. The normalized spacial score (nSPS) is 14.9. The molecule has 1 aliphatic rings. The van der Waals surface area contributed by atoms with Gasteiger partial charge in [0.25, 0.3) is 0 Å². The van der Waals surface area contributed by atoms with Gasteiger partial charge in [0.05, 0.1) is 0 Å². The third-order valence-electron chi connectivity index (χ3n) is 5.17. The van der Waals surface area contributed by atoms with Gasteiger partial charge in [-0.1, -0.05) is 78.9 Å². The predicted octanol–water partition coefficient (Wildman–Crippen LogP) is 6.09. The zero-order valence-corrected chi connectivity index (χ0v) is 15.1. The van der Waals surface area contributed by atoms with E-state index in [9.17, 15) is 8.78 Å². The minimum absolute atomic E-state index is 0.223. The summed E-state index contributed by atoms with van der Waals surface area (Å²) in [6.45, 7) is 1.27. The number of hydrogen-bond acceptors (Lipinski definition) is 1. The molecule has 3 aromatic rings. The van der Waals surface area contributed by atoms with Gasteiger partial charge in [0, 0.05) is 30.8 Å². The number of alkyl halides is 4. The summed E-state index contributed by atoms with van der Waals surface area (Å²) in [6.07, 6.45) is 0. The van der Waals surface area contributed by atoms with E-state index in [1.807, 2.05) is 35.2 Å². The zero-order valence-electron chi connectivity index (χ0n) is 15.1. The lowest BCUT2D eigenvalue weighted by Gasteiger charge is -2.28. The molecule has 5 heteroatoms. The molecular formula is C23H19F4N. The molecule has 3 aromatic carbocycles. The first-order valence-electron chi connectivity index (χ1n) is 9.08. The molecule has 1 aliphatic heterocycles. The summed E-state index contributed by atoms with van der Waals surface area (Å²) in [7, 11) is 0. The van der Waals surface area contributed by atoms with Gasteiger partial charge < -0.3 is 0 Å². The van der Waals surface area contributed by atoms with Crippen molar-refractivity contribution in [2.24, 2.45) is 0 Å². The summed E-state index contributed by atoms with van der Waals surface area (Å²) in [5.41, 5.74) is 0.764. The SMILES string of the molecule is FC(F)(c1ccccc1)C(F)(F)c1cccc2c1CN(Cc1ccccc1)C2. The average Bonchev–Trinajstić information content (AvgIpc) is 3.11. The van der Waals surface area contributed by atoms with Crippen LogP contribution in [0.25, 0.3) is 0 Å². The minimum Gasteiger partial charge on any atom is -0.291 e. The van der Waals surface area contributed by atoms with E-state index in [-0.39, 0.29) is 6.54 Å². The molecule has 0 unspecified atom stereocenters. The van der Waals surface area contributed by atoms with Gasteiger partial charge in [-0.3, -0.25) is 4.90 Å². The van der Waals surface area contributed by atoms with E-state index in [1.54, 1.807) is 6.07 Å². The molecule has 4 rings (SSSR count). The van der Waals surface area contributed by atoms with E-state index < -0.39 is 23.0 Å². The van der Waals surface area contributed by atoms with Gasteiger partial charge in [0.1, 0.15) is 0 Å². The third kappa shape index (κ3) is 3.20. The van der Waals surface area contributed by atoms with Crippen molar-refractivity contribution in [2.75, 3.05) is 0 Å². The van der Waals surface area contributed by atoms with Crippen molar-refractivity contribution in [3.05, 3.63) is 107 Å². The standard InChI is InChI=1S/C23H19F4N/c24-22(25,19-11-5-2-6-12-19)23(26,27)21-13-7-10-18-15-28(16-20(18)21)14-17-8-3-1-4-9-17/h1-13H,14-16H2. The molecule has 0 N–H and O–H groups in total. The van der Waals surface area contributed by atoms with Crippen LogP contribution in [-0.4, -0.2) is 4.90 Å². The van der Waals surface area contributed by atoms with Crippen molar-refractivity contribution >= 4 is 0 Å². The van der Waals surface area contributed by atoms with E-state index >= 15 is 8.78 Å². The molecule has 144 valence electrons. The van der Waals surface area contributed by atoms with Gasteiger partial charge in [-0.05, 0) is 16.7 Å². The molecule has 0 aromatic heterocycles. The lowest BCUT2D eigenvalue weighted by molar-refractivity contribution is -0.224. The van der Waals surface area contributed by atoms with Crippen LogP contribution in [0.4, 0.5) is 17.6 Å². The quantitative estimate of drug-likeness (QED) is 0.481. The molecule has 0 fully saturated rings. The van der Waals surface area contributed by atoms with Gasteiger partial charge >= 0.3 is 11.8 Å². The van der Waals surface area contributed by atoms with Crippen LogP contribution >= 0.6 is 0 Å². The van der Waals surface area contributed by atoms with Gasteiger partial charge in [-0.2, -0.15) is 17.6 Å². The largest absolute Gasteiger partial charge is 0.340 e. The van der Waals surface area contributed by atoms with Crippen LogP contribution in [0.1, 0.15) is 27.8 Å². The highest BCUT2D eigenvalue weighted by Crippen LogP contribution is 2.51. The second kappa shape index (κ2) is 7.06. The lowest BCUT2D eigenvalue weighted by atomic mass is 9.91. The molecular weight excluding hydrogens is 366 g/mol. The van der Waals surface area contributed by atoms with E-state index in [0.29, 0.717) is 24.2 Å². The molecule has 0 atom stereocenters. The highest BCUT2D eigenvalue weighted by atomic mass is 19.3. The Hall–Kier alpha value is -2.66. The Morgan fingerprint density at radius 3 is 2.00 bits per heavy atom. The smallest absolute Gasteiger partial charge is 0.291 e. The monoisotopic (exact) mass is 385 g/mol. The van der Waals surface area contributed by atoms with Crippen LogP contribution in [0, 0.1) is 0 Å². The fraction of sp³-hybridized carbons (Fsp3) is 0.217. The fourth-order valence-electron chi connectivity index (χ4n) is 3.74. The number of halogens is 4. The minimum atomic E-state index is -4.30.